The highest BCUT2D eigenvalue weighted by molar-refractivity contribution is 5.83. The average molecular weight is 1770 g/mol. The van der Waals surface area contributed by atoms with Gasteiger partial charge in [0, 0.05) is 136 Å². The third kappa shape index (κ3) is 28.6. The molecular formula is C109H124N10O12. The molecule has 3 heterocycles. The SMILES string of the molecule is Cc1cccc(COc2ccccc2CN(CC[C@H](N)C(=O)O)Cc2cc3c(cc2OCc2cccc(C)c2)NCC3)c1.Cc1cccc(COc2ccccc2CN(CC[C@H](N)C(=O)O)Cc2cc3c(cc2OCc2cccc(C)c2)NCCC3)c1.Cc1cccc(COc2ccccc2CN(CC[C@H](N)C(=O)O)Cc2ccc3c(ncn3C)c2OCc2cccc(C)c2)c1. The fourth-order valence-electron chi connectivity index (χ4n) is 16.5. The zero-order valence-corrected chi connectivity index (χ0v) is 76.3. The van der Waals surface area contributed by atoms with Crippen molar-refractivity contribution in [2.75, 3.05) is 43.4 Å². The Hall–Kier alpha value is -13.3. The number of hydrogen-bond acceptors (Lipinski definition) is 18. The monoisotopic (exact) mass is 1760 g/mol. The number of fused-ring (bicyclic) bond motifs is 3. The molecule has 682 valence electrons. The Labute approximate surface area is 769 Å². The van der Waals surface area contributed by atoms with Gasteiger partial charge in [-0.1, -0.05) is 240 Å². The number of hydrogen-bond donors (Lipinski definition) is 8. The van der Waals surface area contributed by atoms with Crippen molar-refractivity contribution in [3.8, 4) is 34.5 Å². The molecule has 0 amide bonds. The number of nitrogens with two attached hydrogens (primary N) is 3. The highest BCUT2D eigenvalue weighted by atomic mass is 16.5. The Balaban J connectivity index is 0.000000167. The molecule has 131 heavy (non-hydrogen) atoms. The molecule has 0 aliphatic carbocycles. The summed E-state index contributed by atoms with van der Waals surface area (Å²) in [7, 11) is 1.96. The number of carboxylic acid groups (broad SMARTS) is 3. The maximum absolute atomic E-state index is 11.6. The molecule has 12 aromatic carbocycles. The minimum atomic E-state index is -1.01. The highest BCUT2D eigenvalue weighted by Gasteiger charge is 2.26. The standard InChI is InChI=1S/C37H43N3O4.C36H40N4O4.C36H41N3O4/c1-26-8-5-10-28(18-26)24-43-35-14-4-3-12-31(35)22-40(17-15-33(38)37(41)42)23-32-20-30-13-7-16-39-34(30)21-36(32)44-25-29-11-6-9-27(2)19-29;1-25-8-6-10-27(18-25)22-43-33-13-5-4-12-29(33)20-40(17-16-31(37)36(41)42)21-30-14-15-32-34(38-24-39(32)3)35(30)44-23-28-11-7-9-26(2)19-28;1-25-7-5-9-27(17-25)23-42-34-12-4-3-11-30(34)21-39(16-14-32(37)36(40)41)22-31-19-29-13-15-38-33(29)20-35(31)43-24-28-10-6-8-26(2)18-28/h3-6,8-12,14,18-21,33,39H,7,13,15-17,22-25,38H2,1-2H3,(H,41,42);4-15,18-19,24,31H,16-17,20-23,37H2,1-3H3,(H,41,42);3-12,17-20,32,38H,13-16,21-24,37H2,1-2H3,(H,40,41)/t33-;31-;32-/m000/s1. The second kappa shape index (κ2) is 47.3. The Morgan fingerprint density at radius 2 is 0.672 bits per heavy atom. The van der Waals surface area contributed by atoms with E-state index in [1.165, 1.54) is 44.5 Å². The summed E-state index contributed by atoms with van der Waals surface area (Å²) >= 11 is 0. The molecule has 22 heteroatoms. The fraction of sp³-hybridized carbons (Fsp3) is 0.303. The van der Waals surface area contributed by atoms with Crippen LogP contribution in [0.5, 0.6) is 34.5 Å². The summed E-state index contributed by atoms with van der Waals surface area (Å²) in [5.41, 5.74) is 44.3. The van der Waals surface area contributed by atoms with E-state index in [0.29, 0.717) is 118 Å². The Bertz CT molecular complexity index is 6000. The van der Waals surface area contributed by atoms with Gasteiger partial charge in [-0.15, -0.1) is 0 Å². The van der Waals surface area contributed by atoms with Crippen molar-refractivity contribution in [2.45, 2.75) is 177 Å². The molecule has 22 nitrogen and oxygen atoms in total. The third-order valence-electron chi connectivity index (χ3n) is 23.5. The molecule has 0 fully saturated rings. The number of aliphatic carboxylic acids is 3. The molecule has 11 N–H and O–H groups in total. The molecule has 13 aromatic rings. The number of anilines is 2. The second-order valence-electron chi connectivity index (χ2n) is 34.5. The van der Waals surface area contributed by atoms with Crippen molar-refractivity contribution in [3.05, 3.63) is 372 Å². The predicted molar refractivity (Wildman–Crippen MR) is 518 cm³/mol. The van der Waals surface area contributed by atoms with Crippen molar-refractivity contribution < 1.29 is 58.1 Å². The largest absolute Gasteiger partial charge is 0.489 e. The highest BCUT2D eigenvalue weighted by Crippen LogP contribution is 2.38. The predicted octanol–water partition coefficient (Wildman–Crippen LogP) is 19.0. The van der Waals surface area contributed by atoms with Crippen LogP contribution in [-0.2, 0) is 113 Å². The zero-order chi connectivity index (χ0) is 92.1. The van der Waals surface area contributed by atoms with E-state index in [1.54, 1.807) is 6.33 Å². The van der Waals surface area contributed by atoms with Gasteiger partial charge in [0.25, 0.3) is 0 Å². The van der Waals surface area contributed by atoms with Crippen molar-refractivity contribution >= 4 is 40.3 Å². The first-order valence-electron chi connectivity index (χ1n) is 45.1. The van der Waals surface area contributed by atoms with Crippen LogP contribution in [0.3, 0.4) is 0 Å². The van der Waals surface area contributed by atoms with Gasteiger partial charge in [0.1, 0.15) is 92.0 Å². The molecule has 2 aliphatic heterocycles. The number of ether oxygens (including phenoxy) is 6. The van der Waals surface area contributed by atoms with Crippen LogP contribution in [0, 0.1) is 41.5 Å². The molecule has 0 spiro atoms. The lowest BCUT2D eigenvalue weighted by Crippen LogP contribution is -2.35. The minimum absolute atomic E-state index is 0.299. The Morgan fingerprint density at radius 1 is 0.359 bits per heavy atom. The van der Waals surface area contributed by atoms with E-state index < -0.39 is 36.0 Å². The summed E-state index contributed by atoms with van der Waals surface area (Å²) < 4.78 is 40.3. The normalized spacial score (nSPS) is 12.7. The van der Waals surface area contributed by atoms with Gasteiger partial charge in [0.15, 0.2) is 5.75 Å². The van der Waals surface area contributed by atoms with Gasteiger partial charge in [-0.2, -0.15) is 0 Å². The number of nitrogens with one attached hydrogen (secondary N) is 2. The third-order valence-corrected chi connectivity index (χ3v) is 23.5. The van der Waals surface area contributed by atoms with Crippen LogP contribution in [0.1, 0.15) is 137 Å². The van der Waals surface area contributed by atoms with Gasteiger partial charge in [-0.25, -0.2) is 4.98 Å². The van der Waals surface area contributed by atoms with E-state index in [-0.39, 0.29) is 0 Å². The molecule has 0 bridgehead atoms. The molecule has 0 radical (unpaired) electrons. The summed E-state index contributed by atoms with van der Waals surface area (Å²) in [6.45, 7) is 21.9. The lowest BCUT2D eigenvalue weighted by atomic mass is 9.99. The van der Waals surface area contributed by atoms with Crippen LogP contribution >= 0.6 is 0 Å². The molecule has 1 aromatic heterocycles. The molecule has 15 rings (SSSR count). The van der Waals surface area contributed by atoms with Crippen LogP contribution < -0.4 is 56.3 Å². The first kappa shape index (κ1) is 95.3. The number of aromatic nitrogens is 2. The average Bonchev–Trinajstić information content (AvgIpc) is 1.67. The molecule has 2 aliphatic rings. The number of aryl methyl sites for hydroxylation is 8. The number of benzene rings is 12. The number of para-hydroxylation sites is 3. The number of carboxylic acids is 3. The zero-order valence-electron chi connectivity index (χ0n) is 76.3. The van der Waals surface area contributed by atoms with Gasteiger partial charge < -0.3 is 76.1 Å². The van der Waals surface area contributed by atoms with Crippen molar-refractivity contribution in [1.82, 2.24) is 24.3 Å². The molecule has 0 unspecified atom stereocenters. The summed E-state index contributed by atoms with van der Waals surface area (Å²) in [6.07, 6.45) is 5.79. The number of imidazole rings is 1. The van der Waals surface area contributed by atoms with Gasteiger partial charge >= 0.3 is 17.9 Å². The lowest BCUT2D eigenvalue weighted by molar-refractivity contribution is -0.139. The smallest absolute Gasteiger partial charge is 0.320 e. The second-order valence-corrected chi connectivity index (χ2v) is 34.5. The molecule has 3 atom stereocenters. The number of carbonyl (C=O) groups is 3. The van der Waals surface area contributed by atoms with E-state index in [9.17, 15) is 29.7 Å². The van der Waals surface area contributed by atoms with E-state index in [0.717, 1.165) is 156 Å². The van der Waals surface area contributed by atoms with Crippen LogP contribution in [-0.4, -0.2) is 108 Å². The fourth-order valence-corrected chi connectivity index (χ4v) is 16.5. The van der Waals surface area contributed by atoms with E-state index in [4.69, 9.17) is 45.6 Å². The van der Waals surface area contributed by atoms with Crippen LogP contribution in [0.15, 0.2) is 261 Å². The van der Waals surface area contributed by atoms with Crippen LogP contribution in [0.2, 0.25) is 0 Å². The van der Waals surface area contributed by atoms with Gasteiger partial charge in [-0.3, -0.25) is 29.1 Å². The minimum Gasteiger partial charge on any atom is -0.489 e. The first-order chi connectivity index (χ1) is 63.4. The Morgan fingerprint density at radius 3 is 1.02 bits per heavy atom. The first-order valence-corrected chi connectivity index (χ1v) is 45.1. The van der Waals surface area contributed by atoms with Crippen molar-refractivity contribution in [1.29, 1.82) is 0 Å². The van der Waals surface area contributed by atoms with E-state index >= 15 is 0 Å². The quantitative estimate of drug-likeness (QED) is 0.0176. The van der Waals surface area contributed by atoms with Crippen molar-refractivity contribution in [2.24, 2.45) is 24.2 Å². The maximum Gasteiger partial charge on any atom is 0.320 e. The van der Waals surface area contributed by atoms with Crippen LogP contribution in [0.25, 0.3) is 11.0 Å². The van der Waals surface area contributed by atoms with E-state index in [2.05, 4.69) is 236 Å². The summed E-state index contributed by atoms with van der Waals surface area (Å²) in [5.74, 6) is 1.80. The van der Waals surface area contributed by atoms with Crippen LogP contribution in [0.4, 0.5) is 11.4 Å². The summed E-state index contributed by atoms with van der Waals surface area (Å²) in [4.78, 5) is 46.1. The Kier molecular flexibility index (Phi) is 34.4. The maximum atomic E-state index is 11.6. The summed E-state index contributed by atoms with van der Waals surface area (Å²) in [5, 5.41) is 35.5. The lowest BCUT2D eigenvalue weighted by Gasteiger charge is -2.27. The number of nitrogens with zero attached hydrogens (tertiary/aromatic N) is 5. The van der Waals surface area contributed by atoms with Gasteiger partial charge in [0.2, 0.25) is 0 Å². The number of rotatable bonds is 42. The van der Waals surface area contributed by atoms with Gasteiger partial charge in [0.05, 0.1) is 11.8 Å². The van der Waals surface area contributed by atoms with Crippen molar-refractivity contribution in [3.63, 3.8) is 0 Å². The molecular weight excluding hydrogens is 1640 g/mol. The molecule has 0 saturated heterocycles. The molecule has 0 saturated carbocycles. The van der Waals surface area contributed by atoms with E-state index in [1.807, 2.05) is 103 Å². The van der Waals surface area contributed by atoms with Gasteiger partial charge in [-0.05, 0) is 161 Å². The topological polar surface area (TPSA) is 297 Å². The summed E-state index contributed by atoms with van der Waals surface area (Å²) in [6, 6.07) is 83.9.